The van der Waals surface area contributed by atoms with E-state index in [4.69, 9.17) is 23.2 Å². The van der Waals surface area contributed by atoms with Crippen molar-refractivity contribution in [1.82, 2.24) is 5.32 Å². The SMILES string of the molecule is CNC(Cc1ccc(Cl)c(Cl)c1)C1C2CCCCC21. The largest absolute Gasteiger partial charge is 0.316 e. The van der Waals surface area contributed by atoms with E-state index in [2.05, 4.69) is 18.4 Å². The van der Waals surface area contributed by atoms with E-state index in [1.54, 1.807) is 0 Å². The van der Waals surface area contributed by atoms with E-state index in [1.165, 1.54) is 31.2 Å². The lowest BCUT2D eigenvalue weighted by Gasteiger charge is -2.17. The highest BCUT2D eigenvalue weighted by Crippen LogP contribution is 2.57. The number of nitrogens with one attached hydrogen (secondary N) is 1. The zero-order chi connectivity index (χ0) is 13.4. The van der Waals surface area contributed by atoms with E-state index in [0.29, 0.717) is 16.1 Å². The maximum absolute atomic E-state index is 6.11. The van der Waals surface area contributed by atoms with Gasteiger partial charge in [-0.1, -0.05) is 42.1 Å². The standard InChI is InChI=1S/C16H21Cl2N/c1-19-15(16-11-4-2-3-5-12(11)16)9-10-6-7-13(17)14(18)8-10/h6-8,11-12,15-16,19H,2-5,9H2,1H3. The molecular weight excluding hydrogens is 277 g/mol. The predicted octanol–water partition coefficient (Wildman–Crippen LogP) is 4.56. The van der Waals surface area contributed by atoms with Crippen molar-refractivity contribution in [2.75, 3.05) is 7.05 Å². The van der Waals surface area contributed by atoms with Gasteiger partial charge in [0.2, 0.25) is 0 Å². The number of rotatable bonds is 4. The van der Waals surface area contributed by atoms with E-state index < -0.39 is 0 Å². The molecule has 0 saturated heterocycles. The fourth-order valence-electron chi connectivity index (χ4n) is 4.00. The molecule has 0 radical (unpaired) electrons. The summed E-state index contributed by atoms with van der Waals surface area (Å²) in [5.74, 6) is 2.84. The normalized spacial score (nSPS) is 30.8. The zero-order valence-electron chi connectivity index (χ0n) is 11.3. The fourth-order valence-corrected chi connectivity index (χ4v) is 4.32. The molecule has 1 N–H and O–H groups in total. The lowest BCUT2D eigenvalue weighted by molar-refractivity contribution is 0.460. The van der Waals surface area contributed by atoms with Crippen LogP contribution < -0.4 is 5.32 Å². The average Bonchev–Trinajstić information content (AvgIpc) is 3.14. The highest BCUT2D eigenvalue weighted by Gasteiger charge is 2.53. The second-order valence-corrected chi connectivity index (χ2v) is 6.85. The van der Waals surface area contributed by atoms with Gasteiger partial charge in [0.1, 0.15) is 0 Å². The molecule has 1 nitrogen and oxygen atoms in total. The van der Waals surface area contributed by atoms with Gasteiger partial charge in [0.05, 0.1) is 10.0 Å². The highest BCUT2D eigenvalue weighted by molar-refractivity contribution is 6.42. The minimum Gasteiger partial charge on any atom is -0.316 e. The van der Waals surface area contributed by atoms with Gasteiger partial charge in [-0.15, -0.1) is 0 Å². The minimum absolute atomic E-state index is 0.588. The Morgan fingerprint density at radius 1 is 1.16 bits per heavy atom. The molecule has 1 aromatic rings. The molecule has 0 heterocycles. The van der Waals surface area contributed by atoms with Crippen molar-refractivity contribution in [3.8, 4) is 0 Å². The molecule has 2 fully saturated rings. The van der Waals surface area contributed by atoms with E-state index in [1.807, 2.05) is 12.1 Å². The van der Waals surface area contributed by atoms with E-state index in [-0.39, 0.29) is 0 Å². The van der Waals surface area contributed by atoms with Gasteiger partial charge < -0.3 is 5.32 Å². The highest BCUT2D eigenvalue weighted by atomic mass is 35.5. The second-order valence-electron chi connectivity index (χ2n) is 6.04. The Balaban J connectivity index is 1.68. The summed E-state index contributed by atoms with van der Waals surface area (Å²) in [7, 11) is 2.09. The molecule has 19 heavy (non-hydrogen) atoms. The number of fused-ring (bicyclic) bond motifs is 1. The van der Waals surface area contributed by atoms with Gasteiger partial charge in [-0.2, -0.15) is 0 Å². The lowest BCUT2D eigenvalue weighted by Crippen LogP contribution is -2.31. The lowest BCUT2D eigenvalue weighted by atomic mass is 10.00. The number of hydrogen-bond acceptors (Lipinski definition) is 1. The van der Waals surface area contributed by atoms with Gasteiger partial charge in [-0.3, -0.25) is 0 Å². The first-order valence-electron chi connectivity index (χ1n) is 7.32. The molecule has 2 aliphatic rings. The van der Waals surface area contributed by atoms with E-state index in [0.717, 1.165) is 24.2 Å². The summed E-state index contributed by atoms with van der Waals surface area (Å²) in [4.78, 5) is 0. The molecule has 0 bridgehead atoms. The topological polar surface area (TPSA) is 12.0 Å². The third kappa shape index (κ3) is 2.79. The van der Waals surface area contributed by atoms with Crippen molar-refractivity contribution in [1.29, 1.82) is 0 Å². The third-order valence-electron chi connectivity index (χ3n) is 5.00. The van der Waals surface area contributed by atoms with E-state index in [9.17, 15) is 0 Å². The Morgan fingerprint density at radius 3 is 2.42 bits per heavy atom. The van der Waals surface area contributed by atoms with Crippen molar-refractivity contribution >= 4 is 23.2 Å². The van der Waals surface area contributed by atoms with Crippen LogP contribution >= 0.6 is 23.2 Å². The second kappa shape index (κ2) is 5.63. The molecule has 0 spiro atoms. The maximum atomic E-state index is 6.11. The molecule has 3 unspecified atom stereocenters. The molecule has 2 saturated carbocycles. The van der Waals surface area contributed by atoms with Crippen molar-refractivity contribution in [3.05, 3.63) is 33.8 Å². The van der Waals surface area contributed by atoms with Gasteiger partial charge in [-0.25, -0.2) is 0 Å². The van der Waals surface area contributed by atoms with Crippen molar-refractivity contribution < 1.29 is 0 Å². The van der Waals surface area contributed by atoms with Crippen LogP contribution in [0, 0.1) is 17.8 Å². The van der Waals surface area contributed by atoms with Gasteiger partial charge >= 0.3 is 0 Å². The van der Waals surface area contributed by atoms with Crippen LogP contribution in [0.1, 0.15) is 31.2 Å². The van der Waals surface area contributed by atoms with Crippen molar-refractivity contribution in [3.63, 3.8) is 0 Å². The molecule has 1 aromatic carbocycles. The third-order valence-corrected chi connectivity index (χ3v) is 5.74. The summed E-state index contributed by atoms with van der Waals surface area (Å²) in [6.45, 7) is 0. The smallest absolute Gasteiger partial charge is 0.0595 e. The number of likely N-dealkylation sites (N-methyl/N-ethyl adjacent to an activating group) is 1. The Bertz CT molecular complexity index is 448. The molecular formula is C16H21Cl2N. The summed E-state index contributed by atoms with van der Waals surface area (Å²) in [6.07, 6.45) is 6.80. The van der Waals surface area contributed by atoms with Gasteiger partial charge in [0, 0.05) is 6.04 Å². The van der Waals surface area contributed by atoms with Crippen LogP contribution in [0.5, 0.6) is 0 Å². The Labute approximate surface area is 125 Å². The van der Waals surface area contributed by atoms with Crippen molar-refractivity contribution in [2.24, 2.45) is 17.8 Å². The predicted molar refractivity (Wildman–Crippen MR) is 82.0 cm³/mol. The Kier molecular flexibility index (Phi) is 4.07. The van der Waals surface area contributed by atoms with Crippen molar-refractivity contribution in [2.45, 2.75) is 38.1 Å². The summed E-state index contributed by atoms with van der Waals surface area (Å²) in [5.41, 5.74) is 1.29. The number of benzene rings is 1. The first-order chi connectivity index (χ1) is 9.20. The molecule has 0 aromatic heterocycles. The Morgan fingerprint density at radius 2 is 1.84 bits per heavy atom. The Hall–Kier alpha value is -0.240. The summed E-state index contributed by atoms with van der Waals surface area (Å²) >= 11 is 12.1. The number of hydrogen-bond donors (Lipinski definition) is 1. The van der Waals surface area contributed by atoms with Gasteiger partial charge in [0.25, 0.3) is 0 Å². The minimum atomic E-state index is 0.588. The summed E-state index contributed by atoms with van der Waals surface area (Å²) in [6, 6.07) is 6.61. The summed E-state index contributed by atoms with van der Waals surface area (Å²) < 4.78 is 0. The average molecular weight is 298 g/mol. The fraction of sp³-hybridized carbons (Fsp3) is 0.625. The van der Waals surface area contributed by atoms with Crippen LogP contribution in [0.25, 0.3) is 0 Å². The molecule has 104 valence electrons. The van der Waals surface area contributed by atoms with Crippen LogP contribution in [0.15, 0.2) is 18.2 Å². The molecule has 3 rings (SSSR count). The molecule has 2 aliphatic carbocycles. The quantitative estimate of drug-likeness (QED) is 0.859. The van der Waals surface area contributed by atoms with Crippen LogP contribution in [0.3, 0.4) is 0 Å². The molecule has 3 heteroatoms. The van der Waals surface area contributed by atoms with Crippen LogP contribution in [0.4, 0.5) is 0 Å². The monoisotopic (exact) mass is 297 g/mol. The maximum Gasteiger partial charge on any atom is 0.0595 e. The molecule has 3 atom stereocenters. The first-order valence-corrected chi connectivity index (χ1v) is 8.07. The van der Waals surface area contributed by atoms with Gasteiger partial charge in [0.15, 0.2) is 0 Å². The molecule has 0 amide bonds. The van der Waals surface area contributed by atoms with E-state index >= 15 is 0 Å². The number of halogens is 2. The van der Waals surface area contributed by atoms with Gasteiger partial charge in [-0.05, 0) is 61.8 Å². The summed E-state index contributed by atoms with van der Waals surface area (Å²) in [5, 5.41) is 4.84. The zero-order valence-corrected chi connectivity index (χ0v) is 12.8. The van der Waals surface area contributed by atoms with Crippen LogP contribution in [-0.4, -0.2) is 13.1 Å². The molecule has 0 aliphatic heterocycles. The van der Waals surface area contributed by atoms with Crippen LogP contribution in [0.2, 0.25) is 10.0 Å². The first kappa shape index (κ1) is 13.7. The van der Waals surface area contributed by atoms with Crippen LogP contribution in [-0.2, 0) is 6.42 Å².